The first-order chi connectivity index (χ1) is 9.24. The fourth-order valence-electron chi connectivity index (χ4n) is 2.32. The minimum atomic E-state index is -0.0175. The first kappa shape index (κ1) is 14.2. The van der Waals surface area contributed by atoms with Gasteiger partial charge in [0, 0.05) is 43.6 Å². The van der Waals surface area contributed by atoms with Gasteiger partial charge < -0.3 is 15.1 Å². The summed E-state index contributed by atoms with van der Waals surface area (Å²) in [5.74, 6) is 0.737. The number of nitrogens with zero attached hydrogens (tertiary/aromatic N) is 4. The van der Waals surface area contributed by atoms with Crippen LogP contribution < -0.4 is 4.90 Å². The summed E-state index contributed by atoms with van der Waals surface area (Å²) in [6, 6.07) is 0. The van der Waals surface area contributed by atoms with Gasteiger partial charge >= 0.3 is 0 Å². The topological polar surface area (TPSA) is 72.7 Å². The van der Waals surface area contributed by atoms with Gasteiger partial charge in [-0.1, -0.05) is 0 Å². The van der Waals surface area contributed by atoms with E-state index in [4.69, 9.17) is 10.2 Å². The Balaban J connectivity index is 2.03. The number of aliphatic hydroxyl groups excluding tert-OH is 2. The smallest absolute Gasteiger partial charge is 0.225 e. The number of β-amino-alcohol motifs (C(OH)–C–C–N with tert-alkyl or cyclic N) is 1. The summed E-state index contributed by atoms with van der Waals surface area (Å²) in [6.07, 6.45) is 2.75. The van der Waals surface area contributed by atoms with E-state index < -0.39 is 0 Å². The largest absolute Gasteiger partial charge is 0.395 e. The van der Waals surface area contributed by atoms with Crippen LogP contribution in [0, 0.1) is 6.92 Å². The molecule has 0 aromatic carbocycles. The molecule has 2 rings (SSSR count). The van der Waals surface area contributed by atoms with E-state index in [1.165, 1.54) is 0 Å². The third-order valence-corrected chi connectivity index (χ3v) is 3.53. The van der Waals surface area contributed by atoms with Gasteiger partial charge in [-0.05, 0) is 19.9 Å². The van der Waals surface area contributed by atoms with Gasteiger partial charge in [0.15, 0.2) is 0 Å². The van der Waals surface area contributed by atoms with Crippen LogP contribution in [0.4, 0.5) is 5.95 Å². The summed E-state index contributed by atoms with van der Waals surface area (Å²) in [4.78, 5) is 13.2. The molecule has 6 nitrogen and oxygen atoms in total. The van der Waals surface area contributed by atoms with Gasteiger partial charge in [0.1, 0.15) is 0 Å². The van der Waals surface area contributed by atoms with Gasteiger partial charge in [-0.15, -0.1) is 0 Å². The molecular weight excluding hydrogens is 244 g/mol. The van der Waals surface area contributed by atoms with Gasteiger partial charge in [-0.25, -0.2) is 9.97 Å². The van der Waals surface area contributed by atoms with Crippen molar-refractivity contribution in [2.75, 3.05) is 44.2 Å². The molecule has 0 aliphatic carbocycles. The zero-order valence-corrected chi connectivity index (χ0v) is 11.4. The molecule has 0 bridgehead atoms. The van der Waals surface area contributed by atoms with Crippen molar-refractivity contribution in [3.63, 3.8) is 0 Å². The molecule has 1 fully saturated rings. The Labute approximate surface area is 113 Å². The molecule has 1 aliphatic heterocycles. The summed E-state index contributed by atoms with van der Waals surface area (Å²) >= 11 is 0. The maximum absolute atomic E-state index is 9.13. The van der Waals surface area contributed by atoms with Crippen LogP contribution in [-0.4, -0.2) is 64.4 Å². The van der Waals surface area contributed by atoms with Crippen LogP contribution in [0.15, 0.2) is 6.20 Å². The van der Waals surface area contributed by atoms with E-state index in [0.717, 1.165) is 56.4 Å². The molecule has 0 saturated carbocycles. The van der Waals surface area contributed by atoms with Crippen molar-refractivity contribution in [2.24, 2.45) is 0 Å². The molecule has 6 heteroatoms. The van der Waals surface area contributed by atoms with Gasteiger partial charge in [0.05, 0.1) is 13.2 Å². The lowest BCUT2D eigenvalue weighted by molar-refractivity contribution is 0.204. The van der Waals surface area contributed by atoms with E-state index in [1.54, 1.807) is 6.20 Å². The number of rotatable bonds is 4. The number of anilines is 1. The van der Waals surface area contributed by atoms with Crippen LogP contribution in [0.1, 0.15) is 17.7 Å². The van der Waals surface area contributed by atoms with Crippen molar-refractivity contribution in [2.45, 2.75) is 20.0 Å². The van der Waals surface area contributed by atoms with E-state index in [2.05, 4.69) is 19.8 Å². The average Bonchev–Trinajstić information content (AvgIpc) is 2.65. The normalized spacial score (nSPS) is 17.5. The molecule has 1 aliphatic rings. The van der Waals surface area contributed by atoms with Crippen LogP contribution in [0.2, 0.25) is 0 Å². The minimum Gasteiger partial charge on any atom is -0.395 e. The second-order valence-corrected chi connectivity index (χ2v) is 4.84. The fraction of sp³-hybridized carbons (Fsp3) is 0.692. The van der Waals surface area contributed by atoms with E-state index in [-0.39, 0.29) is 13.2 Å². The zero-order chi connectivity index (χ0) is 13.7. The van der Waals surface area contributed by atoms with Gasteiger partial charge in [-0.3, -0.25) is 4.90 Å². The molecule has 19 heavy (non-hydrogen) atoms. The molecule has 0 unspecified atom stereocenters. The second-order valence-electron chi connectivity index (χ2n) is 4.84. The summed E-state index contributed by atoms with van der Waals surface area (Å²) in [5.41, 5.74) is 1.62. The predicted octanol–water partition coefficient (Wildman–Crippen LogP) is -0.218. The quantitative estimate of drug-likeness (QED) is 0.785. The average molecular weight is 266 g/mol. The molecule has 1 aromatic heterocycles. The Hall–Kier alpha value is -1.24. The van der Waals surface area contributed by atoms with Crippen LogP contribution in [0.5, 0.6) is 0 Å². The summed E-state index contributed by atoms with van der Waals surface area (Å²) in [6.45, 7) is 6.55. The lowest BCUT2D eigenvalue weighted by Gasteiger charge is -2.21. The third-order valence-electron chi connectivity index (χ3n) is 3.53. The van der Waals surface area contributed by atoms with Crippen LogP contribution in [-0.2, 0) is 6.61 Å². The summed E-state index contributed by atoms with van der Waals surface area (Å²) in [7, 11) is 0. The number of aliphatic hydroxyl groups is 2. The van der Waals surface area contributed by atoms with E-state index in [1.807, 2.05) is 6.92 Å². The molecule has 1 saturated heterocycles. The third kappa shape index (κ3) is 3.62. The Kier molecular flexibility index (Phi) is 5.07. The molecule has 2 heterocycles. The highest BCUT2D eigenvalue weighted by atomic mass is 16.3. The van der Waals surface area contributed by atoms with Crippen molar-refractivity contribution in [3.8, 4) is 0 Å². The van der Waals surface area contributed by atoms with Crippen molar-refractivity contribution in [3.05, 3.63) is 17.5 Å². The molecule has 106 valence electrons. The lowest BCUT2D eigenvalue weighted by Crippen LogP contribution is -2.33. The SMILES string of the molecule is Cc1nc(N2CCCN(CCO)CC2)ncc1CO. The molecule has 0 atom stereocenters. The monoisotopic (exact) mass is 266 g/mol. The summed E-state index contributed by atoms with van der Waals surface area (Å²) in [5, 5.41) is 18.1. The first-order valence-corrected chi connectivity index (χ1v) is 6.76. The molecule has 2 N–H and O–H groups in total. The van der Waals surface area contributed by atoms with E-state index in [0.29, 0.717) is 0 Å². The molecular formula is C13H22N4O2. The van der Waals surface area contributed by atoms with Crippen molar-refractivity contribution >= 4 is 5.95 Å². The number of hydrogen-bond donors (Lipinski definition) is 2. The van der Waals surface area contributed by atoms with Crippen molar-refractivity contribution in [1.82, 2.24) is 14.9 Å². The van der Waals surface area contributed by atoms with Crippen LogP contribution in [0.25, 0.3) is 0 Å². The minimum absolute atomic E-state index is 0.0175. The van der Waals surface area contributed by atoms with Gasteiger partial charge in [-0.2, -0.15) is 0 Å². The second kappa shape index (κ2) is 6.79. The Morgan fingerprint density at radius 2 is 2.05 bits per heavy atom. The molecule has 0 radical (unpaired) electrons. The van der Waals surface area contributed by atoms with Crippen molar-refractivity contribution in [1.29, 1.82) is 0 Å². The van der Waals surface area contributed by atoms with Gasteiger partial charge in [0.2, 0.25) is 5.95 Å². The first-order valence-electron chi connectivity index (χ1n) is 6.76. The lowest BCUT2D eigenvalue weighted by atomic mass is 10.2. The Bertz CT molecular complexity index is 414. The highest BCUT2D eigenvalue weighted by Crippen LogP contribution is 2.13. The van der Waals surface area contributed by atoms with Crippen LogP contribution in [0.3, 0.4) is 0 Å². The zero-order valence-electron chi connectivity index (χ0n) is 11.4. The highest BCUT2D eigenvalue weighted by molar-refractivity contribution is 5.33. The maximum atomic E-state index is 9.13. The summed E-state index contributed by atoms with van der Waals surface area (Å²) < 4.78 is 0. The molecule has 1 aromatic rings. The van der Waals surface area contributed by atoms with E-state index in [9.17, 15) is 0 Å². The van der Waals surface area contributed by atoms with Crippen LogP contribution >= 0.6 is 0 Å². The molecule has 0 spiro atoms. The molecule has 0 amide bonds. The van der Waals surface area contributed by atoms with Crippen molar-refractivity contribution < 1.29 is 10.2 Å². The Morgan fingerprint density at radius 1 is 1.21 bits per heavy atom. The number of aryl methyl sites for hydroxylation is 1. The number of aromatic nitrogens is 2. The number of hydrogen-bond acceptors (Lipinski definition) is 6. The van der Waals surface area contributed by atoms with Gasteiger partial charge in [0.25, 0.3) is 0 Å². The fourth-order valence-corrected chi connectivity index (χ4v) is 2.32. The maximum Gasteiger partial charge on any atom is 0.225 e. The Morgan fingerprint density at radius 3 is 2.74 bits per heavy atom. The predicted molar refractivity (Wildman–Crippen MR) is 73.0 cm³/mol. The highest BCUT2D eigenvalue weighted by Gasteiger charge is 2.17. The standard InChI is InChI=1S/C13H22N4O2/c1-11-12(10-19)9-14-13(15-11)17-4-2-3-16(5-6-17)7-8-18/h9,18-19H,2-8,10H2,1H3. The van der Waals surface area contributed by atoms with E-state index >= 15 is 0 Å².